The number of aliphatic hydroxyl groups is 2. The van der Waals surface area contributed by atoms with E-state index in [1.165, 1.54) is 135 Å². The van der Waals surface area contributed by atoms with Gasteiger partial charge in [0, 0.05) is 6.42 Å². The third-order valence-electron chi connectivity index (χ3n) is 10.4. The van der Waals surface area contributed by atoms with Gasteiger partial charge in [0.1, 0.15) is 0 Å². The second-order valence-electron chi connectivity index (χ2n) is 15.8. The van der Waals surface area contributed by atoms with E-state index in [2.05, 4.69) is 92.1 Å². The normalized spacial score (nSPS) is 13.7. The number of hydrogen-bond donors (Lipinski definition) is 3. The fraction of sp³-hybridized carbons (Fsp3) is 0.712. The lowest BCUT2D eigenvalue weighted by Crippen LogP contribution is -2.45. The van der Waals surface area contributed by atoms with E-state index >= 15 is 0 Å². The third-order valence-corrected chi connectivity index (χ3v) is 10.4. The zero-order valence-corrected chi connectivity index (χ0v) is 36.9. The van der Waals surface area contributed by atoms with Crippen LogP contribution in [0.3, 0.4) is 0 Å². The van der Waals surface area contributed by atoms with Gasteiger partial charge in [-0.05, 0) is 70.6 Å². The van der Waals surface area contributed by atoms with Crippen LogP contribution in [-0.2, 0) is 4.79 Å². The van der Waals surface area contributed by atoms with Gasteiger partial charge in [0.05, 0.1) is 18.8 Å². The minimum Gasteiger partial charge on any atom is -0.394 e. The van der Waals surface area contributed by atoms with Gasteiger partial charge in [-0.3, -0.25) is 4.79 Å². The predicted octanol–water partition coefficient (Wildman–Crippen LogP) is 15.2. The Morgan fingerprint density at radius 2 is 0.786 bits per heavy atom. The maximum Gasteiger partial charge on any atom is 0.220 e. The fourth-order valence-electron chi connectivity index (χ4n) is 6.77. The van der Waals surface area contributed by atoms with E-state index in [1.54, 1.807) is 6.08 Å². The number of unbranched alkanes of at least 4 members (excludes halogenated alkanes) is 23. The molecule has 0 heterocycles. The molecule has 1 amide bonds. The monoisotopic (exact) mass is 778 g/mol. The van der Waals surface area contributed by atoms with Crippen LogP contribution >= 0.6 is 0 Å². The number of carbonyl (C=O) groups is 1. The van der Waals surface area contributed by atoms with Crippen LogP contribution in [0.5, 0.6) is 0 Å². The molecule has 3 N–H and O–H groups in total. The van der Waals surface area contributed by atoms with Crippen LogP contribution in [0.15, 0.2) is 85.1 Å². The Morgan fingerprint density at radius 3 is 1.18 bits per heavy atom. The molecule has 0 saturated heterocycles. The summed E-state index contributed by atoms with van der Waals surface area (Å²) in [4.78, 5) is 12.4. The van der Waals surface area contributed by atoms with Crippen molar-refractivity contribution < 1.29 is 15.0 Å². The van der Waals surface area contributed by atoms with Gasteiger partial charge in [0.15, 0.2) is 0 Å². The molecule has 0 fully saturated rings. The molecular formula is C52H91NO3. The summed E-state index contributed by atoms with van der Waals surface area (Å²) < 4.78 is 0. The maximum atomic E-state index is 12.4. The molecule has 0 saturated carbocycles. The van der Waals surface area contributed by atoms with Gasteiger partial charge >= 0.3 is 0 Å². The summed E-state index contributed by atoms with van der Waals surface area (Å²) in [6.45, 7) is 4.19. The van der Waals surface area contributed by atoms with E-state index in [4.69, 9.17) is 0 Å². The molecular weight excluding hydrogens is 687 g/mol. The highest BCUT2D eigenvalue weighted by Crippen LogP contribution is 2.14. The maximum absolute atomic E-state index is 12.4. The van der Waals surface area contributed by atoms with Crippen molar-refractivity contribution in [2.45, 2.75) is 231 Å². The molecule has 0 spiro atoms. The number of nitrogens with one attached hydrogen (secondary N) is 1. The van der Waals surface area contributed by atoms with E-state index in [-0.39, 0.29) is 12.5 Å². The van der Waals surface area contributed by atoms with Gasteiger partial charge in [-0.15, -0.1) is 0 Å². The summed E-state index contributed by atoms with van der Waals surface area (Å²) in [6, 6.07) is -0.629. The van der Waals surface area contributed by atoms with Crippen LogP contribution in [-0.4, -0.2) is 34.9 Å². The number of hydrogen-bond acceptors (Lipinski definition) is 3. The first kappa shape index (κ1) is 53.6. The molecule has 2 atom stereocenters. The van der Waals surface area contributed by atoms with Crippen molar-refractivity contribution in [3.05, 3.63) is 85.1 Å². The van der Waals surface area contributed by atoms with E-state index in [0.29, 0.717) is 6.42 Å². The molecule has 0 aromatic rings. The van der Waals surface area contributed by atoms with Gasteiger partial charge in [-0.2, -0.15) is 0 Å². The summed E-state index contributed by atoms with van der Waals surface area (Å²) in [5.41, 5.74) is 0. The Balaban J connectivity index is 3.59. The first-order valence-corrected chi connectivity index (χ1v) is 23.8. The van der Waals surface area contributed by atoms with Crippen molar-refractivity contribution in [3.8, 4) is 0 Å². The van der Waals surface area contributed by atoms with Gasteiger partial charge in [0.25, 0.3) is 0 Å². The van der Waals surface area contributed by atoms with E-state index in [0.717, 1.165) is 64.2 Å². The Labute approximate surface area is 348 Å². The molecule has 0 radical (unpaired) electrons. The Morgan fingerprint density at radius 1 is 0.446 bits per heavy atom. The summed E-state index contributed by atoms with van der Waals surface area (Å²) in [5.74, 6) is -0.0722. The SMILES string of the molecule is CC/C=C\C/C=C\C/C=C\C/C=C\C/C=C\C/C=C\CCCCCCCCCCCCC(=O)NC(CO)C(O)/C=C/CCCCCCCCCCCCCCC. The van der Waals surface area contributed by atoms with Gasteiger partial charge in [-0.25, -0.2) is 0 Å². The number of allylic oxidation sites excluding steroid dienone is 13. The third kappa shape index (κ3) is 42.7. The molecule has 0 aliphatic rings. The molecule has 0 aliphatic heterocycles. The number of amides is 1. The number of rotatable bonds is 42. The van der Waals surface area contributed by atoms with Gasteiger partial charge in [0.2, 0.25) is 5.91 Å². The van der Waals surface area contributed by atoms with Gasteiger partial charge < -0.3 is 15.5 Å². The predicted molar refractivity (Wildman–Crippen MR) is 248 cm³/mol. The summed E-state index contributed by atoms with van der Waals surface area (Å²) in [6.07, 6.45) is 68.4. The van der Waals surface area contributed by atoms with Crippen molar-refractivity contribution in [3.63, 3.8) is 0 Å². The molecule has 0 aromatic heterocycles. The molecule has 0 rings (SSSR count). The average Bonchev–Trinajstić information content (AvgIpc) is 3.20. The van der Waals surface area contributed by atoms with Crippen molar-refractivity contribution in [1.82, 2.24) is 5.32 Å². The first-order valence-electron chi connectivity index (χ1n) is 23.8. The Kier molecular flexibility index (Phi) is 44.9. The van der Waals surface area contributed by atoms with Crippen molar-refractivity contribution in [2.24, 2.45) is 0 Å². The molecule has 4 nitrogen and oxygen atoms in total. The number of aliphatic hydroxyl groups excluding tert-OH is 2. The highest BCUT2D eigenvalue weighted by molar-refractivity contribution is 5.76. The molecule has 0 aromatic carbocycles. The topological polar surface area (TPSA) is 69.6 Å². The molecule has 2 unspecified atom stereocenters. The summed E-state index contributed by atoms with van der Waals surface area (Å²) in [5, 5.41) is 23.0. The molecule has 0 bridgehead atoms. The zero-order valence-electron chi connectivity index (χ0n) is 36.9. The fourth-order valence-corrected chi connectivity index (χ4v) is 6.77. The molecule has 56 heavy (non-hydrogen) atoms. The highest BCUT2D eigenvalue weighted by Gasteiger charge is 2.17. The summed E-state index contributed by atoms with van der Waals surface area (Å²) >= 11 is 0. The van der Waals surface area contributed by atoms with Crippen molar-refractivity contribution in [2.75, 3.05) is 6.61 Å². The summed E-state index contributed by atoms with van der Waals surface area (Å²) in [7, 11) is 0. The average molecular weight is 778 g/mol. The first-order chi connectivity index (χ1) is 27.7. The lowest BCUT2D eigenvalue weighted by atomic mass is 10.0. The van der Waals surface area contributed by atoms with Crippen LogP contribution in [0.2, 0.25) is 0 Å². The van der Waals surface area contributed by atoms with Crippen LogP contribution in [0, 0.1) is 0 Å². The molecule has 4 heteroatoms. The lowest BCUT2D eigenvalue weighted by molar-refractivity contribution is -0.123. The van der Waals surface area contributed by atoms with E-state index in [9.17, 15) is 15.0 Å². The van der Waals surface area contributed by atoms with Crippen LogP contribution in [0.1, 0.15) is 219 Å². The van der Waals surface area contributed by atoms with Crippen LogP contribution in [0.4, 0.5) is 0 Å². The second kappa shape index (κ2) is 46.9. The van der Waals surface area contributed by atoms with Crippen LogP contribution < -0.4 is 5.32 Å². The Hall–Kier alpha value is -2.43. The smallest absolute Gasteiger partial charge is 0.220 e. The van der Waals surface area contributed by atoms with Crippen molar-refractivity contribution in [1.29, 1.82) is 0 Å². The highest BCUT2D eigenvalue weighted by atomic mass is 16.3. The molecule has 0 aliphatic carbocycles. The lowest BCUT2D eigenvalue weighted by Gasteiger charge is -2.20. The van der Waals surface area contributed by atoms with Crippen molar-refractivity contribution >= 4 is 5.91 Å². The quantitative estimate of drug-likeness (QED) is 0.0427. The second-order valence-corrected chi connectivity index (χ2v) is 15.8. The largest absolute Gasteiger partial charge is 0.394 e. The minimum atomic E-state index is -0.845. The zero-order chi connectivity index (χ0) is 40.7. The Bertz CT molecular complexity index is 1020. The van der Waals surface area contributed by atoms with E-state index in [1.807, 2.05) is 6.08 Å². The standard InChI is InChI=1S/C52H91NO3/c1-3-5-7-9-11-13-15-17-19-20-21-22-23-24-25-26-27-28-29-30-31-32-34-36-38-40-42-44-46-48-52(56)53-50(49-54)51(55)47-45-43-41-39-37-35-33-18-16-14-12-10-8-6-4-2/h5,7,11,13,17,19,21-22,24-25,27-28,45,47,50-51,54-55H,3-4,6,8-10,12,14-16,18,20,23,26,29-44,46,48-49H2,1-2H3,(H,53,56)/b7-5-,13-11-,19-17-,22-21-,25-24-,28-27-,47-45+. The van der Waals surface area contributed by atoms with Gasteiger partial charge in [-0.1, -0.05) is 227 Å². The minimum absolute atomic E-state index is 0.0722. The number of carbonyl (C=O) groups excluding carboxylic acids is 1. The van der Waals surface area contributed by atoms with E-state index < -0.39 is 12.1 Å². The van der Waals surface area contributed by atoms with Crippen LogP contribution in [0.25, 0.3) is 0 Å². The molecule has 322 valence electrons.